The fourth-order valence-electron chi connectivity index (χ4n) is 2.63. The lowest BCUT2D eigenvalue weighted by molar-refractivity contribution is 0.0623. The highest BCUT2D eigenvalue weighted by atomic mass is 16.5. The van der Waals surface area contributed by atoms with Crippen LogP contribution in [0.25, 0.3) is 0 Å². The average molecular weight is 262 g/mol. The number of piperidine rings is 1. The van der Waals surface area contributed by atoms with E-state index in [1.54, 1.807) is 7.11 Å². The third-order valence-electron chi connectivity index (χ3n) is 3.82. The Hall–Kier alpha value is -1.55. The number of rotatable bonds is 3. The standard InChI is InChI=1S/C15H22N2O2/c1-11-6-7-12(9-14(11)19-2)15(18)17-8-4-3-5-13(17)10-16/h6-7,9,13H,3-5,8,10,16H2,1-2H3. The van der Waals surface area contributed by atoms with Gasteiger partial charge < -0.3 is 15.4 Å². The summed E-state index contributed by atoms with van der Waals surface area (Å²) in [5.74, 6) is 0.820. The van der Waals surface area contributed by atoms with Crippen molar-refractivity contribution in [3.8, 4) is 5.75 Å². The molecule has 1 amide bonds. The minimum absolute atomic E-state index is 0.0634. The van der Waals surface area contributed by atoms with Gasteiger partial charge in [0.15, 0.2) is 0 Å². The van der Waals surface area contributed by atoms with Gasteiger partial charge in [-0.25, -0.2) is 0 Å². The molecule has 1 heterocycles. The molecule has 1 fully saturated rings. The molecule has 1 aromatic carbocycles. The van der Waals surface area contributed by atoms with Crippen LogP contribution in [0.3, 0.4) is 0 Å². The molecule has 1 aliphatic rings. The molecule has 2 N–H and O–H groups in total. The average Bonchev–Trinajstić information content (AvgIpc) is 2.47. The molecule has 0 aromatic heterocycles. The van der Waals surface area contributed by atoms with Crippen molar-refractivity contribution in [1.29, 1.82) is 0 Å². The second-order valence-electron chi connectivity index (χ2n) is 5.07. The summed E-state index contributed by atoms with van der Waals surface area (Å²) in [5, 5.41) is 0. The Balaban J connectivity index is 2.22. The van der Waals surface area contributed by atoms with E-state index in [-0.39, 0.29) is 11.9 Å². The van der Waals surface area contributed by atoms with Crippen LogP contribution in [-0.4, -0.2) is 37.0 Å². The highest BCUT2D eigenvalue weighted by molar-refractivity contribution is 5.95. The second-order valence-corrected chi connectivity index (χ2v) is 5.07. The number of nitrogens with zero attached hydrogens (tertiary/aromatic N) is 1. The zero-order chi connectivity index (χ0) is 13.8. The van der Waals surface area contributed by atoms with E-state index in [0.29, 0.717) is 12.1 Å². The van der Waals surface area contributed by atoms with Crippen molar-refractivity contribution in [2.45, 2.75) is 32.2 Å². The van der Waals surface area contributed by atoms with Crippen molar-refractivity contribution >= 4 is 5.91 Å². The van der Waals surface area contributed by atoms with Gasteiger partial charge in [-0.2, -0.15) is 0 Å². The van der Waals surface area contributed by atoms with Crippen LogP contribution >= 0.6 is 0 Å². The Labute approximate surface area is 114 Å². The molecular formula is C15H22N2O2. The second kappa shape index (κ2) is 6.06. The van der Waals surface area contributed by atoms with Crippen molar-refractivity contribution in [3.05, 3.63) is 29.3 Å². The number of aryl methyl sites for hydroxylation is 1. The number of amides is 1. The zero-order valence-electron chi connectivity index (χ0n) is 11.7. The number of methoxy groups -OCH3 is 1. The Morgan fingerprint density at radius 3 is 2.95 bits per heavy atom. The molecule has 1 saturated heterocycles. The summed E-state index contributed by atoms with van der Waals surface area (Å²) in [7, 11) is 1.63. The van der Waals surface area contributed by atoms with Crippen LogP contribution in [-0.2, 0) is 0 Å². The summed E-state index contributed by atoms with van der Waals surface area (Å²) < 4.78 is 5.28. The first-order valence-electron chi connectivity index (χ1n) is 6.83. The Morgan fingerprint density at radius 1 is 1.47 bits per heavy atom. The summed E-state index contributed by atoms with van der Waals surface area (Å²) in [6.45, 7) is 3.31. The molecule has 0 bridgehead atoms. The lowest BCUT2D eigenvalue weighted by Gasteiger charge is -2.35. The van der Waals surface area contributed by atoms with Crippen LogP contribution in [0.5, 0.6) is 5.75 Å². The van der Waals surface area contributed by atoms with E-state index in [1.165, 1.54) is 0 Å². The van der Waals surface area contributed by atoms with Gasteiger partial charge in [-0.15, -0.1) is 0 Å². The predicted octanol–water partition coefficient (Wildman–Crippen LogP) is 1.96. The summed E-state index contributed by atoms with van der Waals surface area (Å²) in [6, 6.07) is 5.78. The monoisotopic (exact) mass is 262 g/mol. The number of hydrogen-bond donors (Lipinski definition) is 1. The largest absolute Gasteiger partial charge is 0.496 e. The molecule has 1 unspecified atom stereocenters. The normalized spacial score (nSPS) is 19.3. The van der Waals surface area contributed by atoms with Gasteiger partial charge in [0.25, 0.3) is 5.91 Å². The molecule has 1 aliphatic heterocycles. The molecular weight excluding hydrogens is 240 g/mol. The lowest BCUT2D eigenvalue weighted by Crippen LogP contribution is -2.47. The third-order valence-corrected chi connectivity index (χ3v) is 3.82. The number of benzene rings is 1. The van der Waals surface area contributed by atoms with Crippen LogP contribution < -0.4 is 10.5 Å². The van der Waals surface area contributed by atoms with Crippen molar-refractivity contribution < 1.29 is 9.53 Å². The molecule has 1 atom stereocenters. The maximum absolute atomic E-state index is 12.6. The zero-order valence-corrected chi connectivity index (χ0v) is 11.7. The van der Waals surface area contributed by atoms with E-state index in [9.17, 15) is 4.79 Å². The number of nitrogens with two attached hydrogens (primary N) is 1. The van der Waals surface area contributed by atoms with Gasteiger partial charge in [-0.3, -0.25) is 4.79 Å². The molecule has 104 valence electrons. The number of carbonyl (C=O) groups excluding carboxylic acids is 1. The minimum Gasteiger partial charge on any atom is -0.496 e. The van der Waals surface area contributed by atoms with Gasteiger partial charge in [0.2, 0.25) is 0 Å². The minimum atomic E-state index is 0.0634. The van der Waals surface area contributed by atoms with E-state index < -0.39 is 0 Å². The van der Waals surface area contributed by atoms with Crippen LogP contribution in [0.15, 0.2) is 18.2 Å². The smallest absolute Gasteiger partial charge is 0.254 e. The first-order valence-corrected chi connectivity index (χ1v) is 6.83. The van der Waals surface area contributed by atoms with Gasteiger partial charge in [0.05, 0.1) is 7.11 Å². The van der Waals surface area contributed by atoms with E-state index in [2.05, 4.69) is 0 Å². The highest BCUT2D eigenvalue weighted by Crippen LogP contribution is 2.23. The Morgan fingerprint density at radius 2 is 2.26 bits per heavy atom. The molecule has 0 radical (unpaired) electrons. The molecule has 1 aromatic rings. The van der Waals surface area contributed by atoms with E-state index in [1.807, 2.05) is 30.0 Å². The number of ether oxygens (including phenoxy) is 1. The fraction of sp³-hybridized carbons (Fsp3) is 0.533. The quantitative estimate of drug-likeness (QED) is 0.906. The highest BCUT2D eigenvalue weighted by Gasteiger charge is 2.26. The summed E-state index contributed by atoms with van der Waals surface area (Å²) in [6.07, 6.45) is 3.22. The molecule has 0 spiro atoms. The SMILES string of the molecule is COc1cc(C(=O)N2CCCCC2CN)ccc1C. The number of carbonyl (C=O) groups is 1. The van der Waals surface area contributed by atoms with Crippen molar-refractivity contribution in [2.24, 2.45) is 5.73 Å². The third kappa shape index (κ3) is 2.89. The van der Waals surface area contributed by atoms with E-state index >= 15 is 0 Å². The van der Waals surface area contributed by atoms with E-state index in [4.69, 9.17) is 10.5 Å². The fourth-order valence-corrected chi connectivity index (χ4v) is 2.63. The molecule has 2 rings (SSSR count). The van der Waals surface area contributed by atoms with Gasteiger partial charge in [0, 0.05) is 24.7 Å². The first-order chi connectivity index (χ1) is 9.17. The van der Waals surface area contributed by atoms with Gasteiger partial charge in [-0.1, -0.05) is 6.07 Å². The predicted molar refractivity (Wildman–Crippen MR) is 75.5 cm³/mol. The molecule has 0 saturated carbocycles. The molecule has 19 heavy (non-hydrogen) atoms. The number of likely N-dealkylation sites (tertiary alicyclic amines) is 1. The Bertz CT molecular complexity index is 459. The maximum Gasteiger partial charge on any atom is 0.254 e. The van der Waals surface area contributed by atoms with Gasteiger partial charge in [-0.05, 0) is 43.9 Å². The number of hydrogen-bond acceptors (Lipinski definition) is 3. The summed E-state index contributed by atoms with van der Waals surface area (Å²) in [5.41, 5.74) is 7.49. The van der Waals surface area contributed by atoms with Crippen LogP contribution in [0, 0.1) is 6.92 Å². The van der Waals surface area contributed by atoms with Crippen LogP contribution in [0.2, 0.25) is 0 Å². The first kappa shape index (κ1) is 13.9. The van der Waals surface area contributed by atoms with Gasteiger partial charge in [0.1, 0.15) is 5.75 Å². The summed E-state index contributed by atoms with van der Waals surface area (Å²) >= 11 is 0. The van der Waals surface area contributed by atoms with Crippen molar-refractivity contribution in [2.75, 3.05) is 20.2 Å². The van der Waals surface area contributed by atoms with Crippen LogP contribution in [0.4, 0.5) is 0 Å². The Kier molecular flexibility index (Phi) is 4.43. The molecule has 0 aliphatic carbocycles. The summed E-state index contributed by atoms with van der Waals surface area (Å²) in [4.78, 5) is 14.5. The van der Waals surface area contributed by atoms with Crippen molar-refractivity contribution in [3.63, 3.8) is 0 Å². The lowest BCUT2D eigenvalue weighted by atomic mass is 10.0. The molecule has 4 nitrogen and oxygen atoms in total. The van der Waals surface area contributed by atoms with E-state index in [0.717, 1.165) is 37.1 Å². The topological polar surface area (TPSA) is 55.6 Å². The van der Waals surface area contributed by atoms with Crippen LogP contribution in [0.1, 0.15) is 35.2 Å². The maximum atomic E-state index is 12.6. The van der Waals surface area contributed by atoms with Crippen molar-refractivity contribution in [1.82, 2.24) is 4.90 Å². The van der Waals surface area contributed by atoms with Gasteiger partial charge >= 0.3 is 0 Å². The molecule has 4 heteroatoms.